The lowest BCUT2D eigenvalue weighted by Gasteiger charge is -2.54. The van der Waals surface area contributed by atoms with E-state index in [1.54, 1.807) is 0 Å². The van der Waals surface area contributed by atoms with Crippen LogP contribution >= 0.6 is 0 Å². The van der Waals surface area contributed by atoms with Crippen LogP contribution in [0, 0.1) is 0 Å². The fourth-order valence-corrected chi connectivity index (χ4v) is 15.9. The molecule has 75 heavy (non-hydrogen) atoms. The normalized spacial score (nSPS) is 24.3. The van der Waals surface area contributed by atoms with Gasteiger partial charge in [-0.3, -0.25) is 0 Å². The van der Waals surface area contributed by atoms with E-state index in [2.05, 4.69) is 258 Å². The standard InChI is InChI=1S/C71H80BN3/c1-64(2,3)47-27-23-28-51(38-47)73-59-42-49(66(7,8)9)30-32-56(59)72-57-41-50(67(10,11)12)40-55-63(57)75(70(15)53-29-20-19-24-45(53)34-37-68(55,70)13)61-44-52(43-60(73)62(61)72)74-58-33-31-48(65(4,5)6)39-54(58)71(46-25-17-16-18-26-46)36-22-21-35-69(71,74)14/h16-20,23-33,38-44H,21-22,34-37H2,1-15H3. The van der Waals surface area contributed by atoms with Crippen molar-refractivity contribution >= 4 is 62.9 Å². The Labute approximate surface area is 450 Å². The van der Waals surface area contributed by atoms with Gasteiger partial charge in [0.05, 0.1) is 11.1 Å². The predicted molar refractivity (Wildman–Crippen MR) is 321 cm³/mol. The van der Waals surface area contributed by atoms with Crippen molar-refractivity contribution in [2.75, 3.05) is 14.7 Å². The van der Waals surface area contributed by atoms with Crippen molar-refractivity contribution in [3.05, 3.63) is 190 Å². The Kier molecular flexibility index (Phi) is 10.1. The molecule has 0 spiro atoms. The maximum Gasteiger partial charge on any atom is 0.252 e. The van der Waals surface area contributed by atoms with Gasteiger partial charge in [-0.15, -0.1) is 0 Å². The van der Waals surface area contributed by atoms with Crippen molar-refractivity contribution < 1.29 is 0 Å². The van der Waals surface area contributed by atoms with Crippen LogP contribution in [0.4, 0.5) is 39.8 Å². The Morgan fingerprint density at radius 3 is 1.79 bits per heavy atom. The zero-order chi connectivity index (χ0) is 52.8. The Morgan fingerprint density at radius 1 is 0.440 bits per heavy atom. The molecule has 0 bridgehead atoms. The van der Waals surface area contributed by atoms with Gasteiger partial charge >= 0.3 is 0 Å². The average molecular weight is 986 g/mol. The largest absolute Gasteiger partial charge is 0.334 e. The summed E-state index contributed by atoms with van der Waals surface area (Å²) >= 11 is 0. The van der Waals surface area contributed by atoms with Crippen LogP contribution in [0.2, 0.25) is 0 Å². The van der Waals surface area contributed by atoms with E-state index in [1.165, 1.54) is 119 Å². The third-order valence-electron chi connectivity index (χ3n) is 20.4. The van der Waals surface area contributed by atoms with Gasteiger partial charge in [-0.05, 0) is 164 Å². The molecule has 3 nitrogen and oxygen atoms in total. The molecule has 0 aromatic heterocycles. The van der Waals surface area contributed by atoms with Gasteiger partial charge in [-0.1, -0.05) is 206 Å². The first-order valence-electron chi connectivity index (χ1n) is 28.6. The van der Waals surface area contributed by atoms with Gasteiger partial charge in [0.2, 0.25) is 0 Å². The Morgan fingerprint density at radius 2 is 1.07 bits per heavy atom. The smallest absolute Gasteiger partial charge is 0.252 e. The van der Waals surface area contributed by atoms with Crippen LogP contribution < -0.4 is 31.1 Å². The maximum absolute atomic E-state index is 2.94. The van der Waals surface area contributed by atoms with Crippen LogP contribution in [0.5, 0.6) is 0 Å². The molecule has 6 aliphatic rings. The quantitative estimate of drug-likeness (QED) is 0.163. The molecule has 4 unspecified atom stereocenters. The lowest BCUT2D eigenvalue weighted by atomic mass is 9.33. The highest BCUT2D eigenvalue weighted by atomic mass is 15.3. The van der Waals surface area contributed by atoms with Crippen molar-refractivity contribution in [1.29, 1.82) is 0 Å². The number of anilines is 7. The van der Waals surface area contributed by atoms with Crippen LogP contribution in [-0.4, -0.2) is 12.3 Å². The van der Waals surface area contributed by atoms with E-state index in [0.29, 0.717) is 0 Å². The molecular formula is C71H80BN3. The molecule has 1 fully saturated rings. The zero-order valence-corrected chi connectivity index (χ0v) is 47.9. The molecule has 7 aromatic rings. The van der Waals surface area contributed by atoms with Crippen molar-refractivity contribution in [2.45, 2.75) is 186 Å². The molecule has 4 aliphatic heterocycles. The molecule has 0 N–H and O–H groups in total. The van der Waals surface area contributed by atoms with Crippen molar-refractivity contribution in [3.63, 3.8) is 0 Å². The minimum atomic E-state index is -0.368. The lowest BCUT2D eigenvalue weighted by molar-refractivity contribution is 0.215. The summed E-state index contributed by atoms with van der Waals surface area (Å²) < 4.78 is 0. The number of aryl methyl sites for hydroxylation is 1. The number of hydrogen-bond donors (Lipinski definition) is 0. The first-order valence-corrected chi connectivity index (χ1v) is 28.6. The van der Waals surface area contributed by atoms with Crippen LogP contribution in [0.1, 0.15) is 186 Å². The van der Waals surface area contributed by atoms with Crippen LogP contribution in [-0.2, 0) is 44.4 Å². The van der Waals surface area contributed by atoms with Crippen LogP contribution in [0.15, 0.2) is 140 Å². The highest BCUT2D eigenvalue weighted by Gasteiger charge is 2.65. The summed E-state index contributed by atoms with van der Waals surface area (Å²) in [5, 5.41) is 0. The molecule has 7 aromatic carbocycles. The molecule has 4 heteroatoms. The average Bonchev–Trinajstić information content (AvgIpc) is 3.79. The van der Waals surface area contributed by atoms with Gasteiger partial charge in [-0.25, -0.2) is 0 Å². The van der Waals surface area contributed by atoms with Crippen molar-refractivity contribution in [2.24, 2.45) is 0 Å². The Hall–Kier alpha value is -6.00. The summed E-state index contributed by atoms with van der Waals surface area (Å²) in [6.07, 6.45) is 6.78. The van der Waals surface area contributed by atoms with E-state index >= 15 is 0 Å². The second-order valence-electron chi connectivity index (χ2n) is 28.7. The molecule has 1 saturated carbocycles. The summed E-state index contributed by atoms with van der Waals surface area (Å²) in [6.45, 7) is 36.6. The monoisotopic (exact) mass is 986 g/mol. The molecule has 4 heterocycles. The predicted octanol–water partition coefficient (Wildman–Crippen LogP) is 16.5. The maximum atomic E-state index is 2.94. The van der Waals surface area contributed by atoms with E-state index in [9.17, 15) is 0 Å². The molecule has 0 saturated heterocycles. The van der Waals surface area contributed by atoms with Gasteiger partial charge in [0.15, 0.2) is 0 Å². The minimum absolute atomic E-state index is 0.00385. The Balaban J connectivity index is 1.20. The highest BCUT2D eigenvalue weighted by molar-refractivity contribution is 7.00. The first-order chi connectivity index (χ1) is 35.3. The summed E-state index contributed by atoms with van der Waals surface area (Å²) in [7, 11) is 0. The highest BCUT2D eigenvalue weighted by Crippen LogP contribution is 2.68. The molecule has 382 valence electrons. The summed E-state index contributed by atoms with van der Waals surface area (Å²) in [5.74, 6) is 0. The van der Waals surface area contributed by atoms with Crippen LogP contribution in [0.25, 0.3) is 0 Å². The van der Waals surface area contributed by atoms with Crippen molar-refractivity contribution in [1.82, 2.24) is 0 Å². The SMILES string of the molecule is CC(C)(C)c1cccc(N2c3cc(C(C)(C)C)ccc3B3c4cc(C(C)(C)C)cc5c4N(c4cc(N6c7ccc(C(C)(C)C)cc7C7(c8ccccc8)CCCCC67C)cc2c43)C2(C)c3ccccc3CCC52C)c1. The third kappa shape index (κ3) is 6.47. The summed E-state index contributed by atoms with van der Waals surface area (Å²) in [6, 6.07) is 56.7. The number of fused-ring (bicyclic) bond motifs is 12. The van der Waals surface area contributed by atoms with Gasteiger partial charge in [-0.2, -0.15) is 0 Å². The van der Waals surface area contributed by atoms with Gasteiger partial charge < -0.3 is 14.7 Å². The number of hydrogen-bond acceptors (Lipinski definition) is 3. The zero-order valence-electron chi connectivity index (χ0n) is 47.9. The van der Waals surface area contributed by atoms with Crippen LogP contribution in [0.3, 0.4) is 0 Å². The molecule has 0 amide bonds. The minimum Gasteiger partial charge on any atom is -0.334 e. The van der Waals surface area contributed by atoms with E-state index < -0.39 is 0 Å². The van der Waals surface area contributed by atoms with E-state index in [0.717, 1.165) is 25.7 Å². The molecule has 4 atom stereocenters. The van der Waals surface area contributed by atoms with E-state index in [1.807, 2.05) is 0 Å². The van der Waals surface area contributed by atoms with Gasteiger partial charge in [0.1, 0.15) is 0 Å². The first kappa shape index (κ1) is 48.6. The molecular weight excluding hydrogens is 906 g/mol. The van der Waals surface area contributed by atoms with Gasteiger partial charge in [0, 0.05) is 50.6 Å². The lowest BCUT2D eigenvalue weighted by Crippen LogP contribution is -2.64. The second-order valence-corrected chi connectivity index (χ2v) is 28.7. The second kappa shape index (κ2) is 15.6. The fourth-order valence-electron chi connectivity index (χ4n) is 15.9. The molecule has 0 radical (unpaired) electrons. The fraction of sp³-hybridized carbons (Fsp3) is 0.408. The number of nitrogens with zero attached hydrogens (tertiary/aromatic N) is 3. The number of rotatable bonds is 3. The van der Waals surface area contributed by atoms with E-state index in [-0.39, 0.29) is 50.3 Å². The summed E-state index contributed by atoms with van der Waals surface area (Å²) in [4.78, 5) is 8.55. The van der Waals surface area contributed by atoms with Gasteiger partial charge in [0.25, 0.3) is 6.71 Å². The summed E-state index contributed by atoms with van der Waals surface area (Å²) in [5.41, 5.74) is 25.4. The molecule has 2 aliphatic carbocycles. The van der Waals surface area contributed by atoms with E-state index in [4.69, 9.17) is 0 Å². The molecule has 13 rings (SSSR count). The van der Waals surface area contributed by atoms with Crippen molar-refractivity contribution in [3.8, 4) is 0 Å². The topological polar surface area (TPSA) is 9.72 Å². The number of benzene rings is 7. The third-order valence-corrected chi connectivity index (χ3v) is 20.4. The Bertz CT molecular complexity index is 3520.